The van der Waals surface area contributed by atoms with Crippen molar-refractivity contribution in [2.75, 3.05) is 11.9 Å². The van der Waals surface area contributed by atoms with Crippen molar-refractivity contribution in [2.45, 2.75) is 32.6 Å². The molecular weight excluding hydrogens is 292 g/mol. The van der Waals surface area contributed by atoms with Gasteiger partial charge in [-0.15, -0.1) is 0 Å². The zero-order chi connectivity index (χ0) is 15.5. The van der Waals surface area contributed by atoms with Crippen LogP contribution in [0.4, 0.5) is 10.5 Å². The van der Waals surface area contributed by atoms with Gasteiger partial charge in [-0.1, -0.05) is 30.5 Å². The minimum atomic E-state index is -0.834. The number of hydrogen-bond acceptors (Lipinski definition) is 2. The number of rotatable bonds is 4. The van der Waals surface area contributed by atoms with E-state index < -0.39 is 17.4 Å². The summed E-state index contributed by atoms with van der Waals surface area (Å²) < 4.78 is 0. The van der Waals surface area contributed by atoms with E-state index in [1.807, 2.05) is 6.92 Å². The Kier molecular flexibility index (Phi) is 4.73. The smallest absolute Gasteiger partial charge is 0.319 e. The first-order valence-electron chi connectivity index (χ1n) is 6.98. The summed E-state index contributed by atoms with van der Waals surface area (Å²) >= 11 is 5.99. The third-order valence-corrected chi connectivity index (χ3v) is 4.53. The van der Waals surface area contributed by atoms with Crippen molar-refractivity contribution >= 4 is 29.3 Å². The van der Waals surface area contributed by atoms with Crippen LogP contribution in [0.3, 0.4) is 0 Å². The van der Waals surface area contributed by atoms with Crippen LogP contribution in [0.15, 0.2) is 18.2 Å². The molecule has 0 aliphatic heterocycles. The Balaban J connectivity index is 1.96. The van der Waals surface area contributed by atoms with Gasteiger partial charge < -0.3 is 15.7 Å². The molecule has 1 fully saturated rings. The minimum Gasteiger partial charge on any atom is -0.481 e. The number of carboxylic acid groups (broad SMARTS) is 1. The lowest BCUT2D eigenvalue weighted by Crippen LogP contribution is -2.42. The van der Waals surface area contributed by atoms with Gasteiger partial charge in [-0.05, 0) is 37.5 Å². The Morgan fingerprint density at radius 1 is 1.33 bits per heavy atom. The van der Waals surface area contributed by atoms with E-state index in [0.29, 0.717) is 23.6 Å². The molecule has 2 amide bonds. The topological polar surface area (TPSA) is 78.4 Å². The van der Waals surface area contributed by atoms with Crippen molar-refractivity contribution in [1.82, 2.24) is 5.32 Å². The molecule has 1 aliphatic rings. The van der Waals surface area contributed by atoms with Crippen LogP contribution in [0.5, 0.6) is 0 Å². The summed E-state index contributed by atoms with van der Waals surface area (Å²) in [5, 5.41) is 15.3. The van der Waals surface area contributed by atoms with Crippen molar-refractivity contribution in [1.29, 1.82) is 0 Å². The maximum Gasteiger partial charge on any atom is 0.319 e. The van der Waals surface area contributed by atoms with Crippen LogP contribution in [0.1, 0.15) is 31.2 Å². The number of anilines is 1. The molecule has 0 atom stereocenters. The van der Waals surface area contributed by atoms with Crippen LogP contribution in [0, 0.1) is 12.3 Å². The Labute approximate surface area is 128 Å². The number of carbonyl (C=O) groups excluding carboxylic acids is 1. The van der Waals surface area contributed by atoms with E-state index in [1.165, 1.54) is 0 Å². The van der Waals surface area contributed by atoms with Crippen molar-refractivity contribution in [3.8, 4) is 0 Å². The standard InChI is InChI=1S/C15H19ClN2O3/c1-10-11(16)5-4-6-12(10)18-14(21)17-9-15(13(19)20)7-2-3-8-15/h4-6H,2-3,7-9H2,1H3,(H,19,20)(H2,17,18,21). The van der Waals surface area contributed by atoms with Gasteiger partial charge >= 0.3 is 12.0 Å². The summed E-state index contributed by atoms with van der Waals surface area (Å²) in [6.45, 7) is 1.96. The molecule has 0 aromatic heterocycles. The number of carbonyl (C=O) groups is 2. The third kappa shape index (κ3) is 3.47. The summed E-state index contributed by atoms with van der Waals surface area (Å²) in [4.78, 5) is 23.3. The van der Waals surface area contributed by atoms with Gasteiger partial charge in [0.1, 0.15) is 0 Å². The Morgan fingerprint density at radius 3 is 2.62 bits per heavy atom. The van der Waals surface area contributed by atoms with Crippen LogP contribution >= 0.6 is 11.6 Å². The molecule has 21 heavy (non-hydrogen) atoms. The van der Waals surface area contributed by atoms with Crippen LogP contribution in [0.2, 0.25) is 5.02 Å². The average Bonchev–Trinajstić information content (AvgIpc) is 2.92. The van der Waals surface area contributed by atoms with Gasteiger partial charge in [0.2, 0.25) is 0 Å². The lowest BCUT2D eigenvalue weighted by atomic mass is 9.86. The van der Waals surface area contributed by atoms with Gasteiger partial charge in [-0.2, -0.15) is 0 Å². The molecule has 0 unspecified atom stereocenters. The fraction of sp³-hybridized carbons (Fsp3) is 0.467. The molecule has 1 saturated carbocycles. The van der Waals surface area contributed by atoms with E-state index in [0.717, 1.165) is 18.4 Å². The molecule has 1 aromatic carbocycles. The largest absolute Gasteiger partial charge is 0.481 e. The first kappa shape index (κ1) is 15.6. The maximum absolute atomic E-state index is 11.9. The van der Waals surface area contributed by atoms with E-state index in [1.54, 1.807) is 18.2 Å². The normalized spacial score (nSPS) is 16.5. The van der Waals surface area contributed by atoms with Crippen LogP contribution in [-0.2, 0) is 4.79 Å². The van der Waals surface area contributed by atoms with Gasteiger partial charge in [-0.25, -0.2) is 4.79 Å². The molecule has 0 heterocycles. The third-order valence-electron chi connectivity index (χ3n) is 4.12. The van der Waals surface area contributed by atoms with E-state index >= 15 is 0 Å². The lowest BCUT2D eigenvalue weighted by molar-refractivity contribution is -0.148. The highest BCUT2D eigenvalue weighted by atomic mass is 35.5. The highest BCUT2D eigenvalue weighted by molar-refractivity contribution is 6.31. The van der Waals surface area contributed by atoms with Gasteiger partial charge in [0.05, 0.1) is 5.41 Å². The summed E-state index contributed by atoms with van der Waals surface area (Å²) in [6.07, 6.45) is 3.00. The minimum absolute atomic E-state index is 0.147. The monoisotopic (exact) mass is 310 g/mol. The van der Waals surface area contributed by atoms with Crippen molar-refractivity contribution in [3.05, 3.63) is 28.8 Å². The van der Waals surface area contributed by atoms with Gasteiger partial charge in [-0.3, -0.25) is 4.79 Å². The Hall–Kier alpha value is -1.75. The summed E-state index contributed by atoms with van der Waals surface area (Å²) in [7, 11) is 0. The molecular formula is C15H19ClN2O3. The molecule has 1 aliphatic carbocycles. The number of benzene rings is 1. The average molecular weight is 311 g/mol. The molecule has 0 bridgehead atoms. The predicted molar refractivity (Wildman–Crippen MR) is 81.7 cm³/mol. The second-order valence-electron chi connectivity index (χ2n) is 5.51. The summed E-state index contributed by atoms with van der Waals surface area (Å²) in [5.41, 5.74) is 0.583. The number of aliphatic carboxylic acids is 1. The molecule has 5 nitrogen and oxygen atoms in total. The zero-order valence-electron chi connectivity index (χ0n) is 11.9. The fourth-order valence-corrected chi connectivity index (χ4v) is 2.85. The predicted octanol–water partition coefficient (Wildman–Crippen LogP) is 3.41. The number of urea groups is 1. The Bertz CT molecular complexity index is 554. The lowest BCUT2D eigenvalue weighted by Gasteiger charge is -2.24. The molecule has 0 spiro atoms. The van der Waals surface area contributed by atoms with Gasteiger partial charge in [0, 0.05) is 17.3 Å². The van der Waals surface area contributed by atoms with Crippen LogP contribution in [0.25, 0.3) is 0 Å². The summed E-state index contributed by atoms with van der Waals surface area (Å²) in [5.74, 6) is -0.834. The van der Waals surface area contributed by atoms with Crippen molar-refractivity contribution in [3.63, 3.8) is 0 Å². The van der Waals surface area contributed by atoms with Gasteiger partial charge in [0.15, 0.2) is 0 Å². The number of carboxylic acids is 1. The van der Waals surface area contributed by atoms with E-state index in [9.17, 15) is 14.7 Å². The van der Waals surface area contributed by atoms with E-state index in [-0.39, 0.29) is 6.54 Å². The number of amides is 2. The fourth-order valence-electron chi connectivity index (χ4n) is 2.68. The number of hydrogen-bond donors (Lipinski definition) is 3. The van der Waals surface area contributed by atoms with Crippen LogP contribution < -0.4 is 10.6 Å². The second-order valence-corrected chi connectivity index (χ2v) is 5.92. The van der Waals surface area contributed by atoms with Crippen molar-refractivity contribution in [2.24, 2.45) is 5.41 Å². The van der Waals surface area contributed by atoms with Gasteiger partial charge in [0.25, 0.3) is 0 Å². The molecule has 0 saturated heterocycles. The van der Waals surface area contributed by atoms with Crippen LogP contribution in [-0.4, -0.2) is 23.7 Å². The highest BCUT2D eigenvalue weighted by Gasteiger charge is 2.41. The molecule has 2 rings (SSSR count). The highest BCUT2D eigenvalue weighted by Crippen LogP contribution is 2.37. The van der Waals surface area contributed by atoms with E-state index in [2.05, 4.69) is 10.6 Å². The first-order valence-corrected chi connectivity index (χ1v) is 7.36. The van der Waals surface area contributed by atoms with E-state index in [4.69, 9.17) is 11.6 Å². The zero-order valence-corrected chi connectivity index (χ0v) is 12.7. The number of halogens is 1. The molecule has 1 aromatic rings. The Morgan fingerprint density at radius 2 is 2.00 bits per heavy atom. The second kappa shape index (κ2) is 6.35. The maximum atomic E-state index is 11.9. The molecule has 114 valence electrons. The van der Waals surface area contributed by atoms with Crippen molar-refractivity contribution < 1.29 is 14.7 Å². The SMILES string of the molecule is Cc1c(Cl)cccc1NC(=O)NCC1(C(=O)O)CCCC1. The quantitative estimate of drug-likeness (QED) is 0.797. The molecule has 0 radical (unpaired) electrons. The molecule has 6 heteroatoms. The first-order chi connectivity index (χ1) is 9.94. The summed E-state index contributed by atoms with van der Waals surface area (Å²) in [6, 6.07) is 4.84. The number of nitrogens with one attached hydrogen (secondary N) is 2. The molecule has 3 N–H and O–H groups in total.